The maximum Gasteiger partial charge on any atom is 0.251 e. The molecule has 1 atom stereocenters. The summed E-state index contributed by atoms with van der Waals surface area (Å²) < 4.78 is 0. The average molecular weight is 299 g/mol. The number of benzene rings is 2. The predicted octanol–water partition coefficient (Wildman–Crippen LogP) is 4.68. The van der Waals surface area contributed by atoms with Gasteiger partial charge in [-0.05, 0) is 42.5 Å². The number of rotatable bonds is 6. The van der Waals surface area contributed by atoms with Crippen molar-refractivity contribution >= 4 is 17.7 Å². The first-order valence-electron chi connectivity index (χ1n) is 7.24. The Bertz CT molecular complexity index is 566. The van der Waals surface area contributed by atoms with Crippen LogP contribution in [0.1, 0.15) is 41.7 Å². The standard InChI is InChI=1S/C18H21NOS/c1-3-7-17(14-8-5-4-6-9-14)19-18(20)15-10-12-16(21-2)13-11-15/h4-6,8-13,17H,3,7H2,1-2H3,(H,19,20). The van der Waals surface area contributed by atoms with E-state index in [1.54, 1.807) is 11.8 Å². The van der Waals surface area contributed by atoms with Gasteiger partial charge < -0.3 is 5.32 Å². The molecule has 0 saturated heterocycles. The quantitative estimate of drug-likeness (QED) is 0.785. The molecule has 3 heteroatoms. The van der Waals surface area contributed by atoms with Crippen molar-refractivity contribution in [2.75, 3.05) is 6.26 Å². The zero-order valence-corrected chi connectivity index (χ0v) is 13.3. The monoisotopic (exact) mass is 299 g/mol. The summed E-state index contributed by atoms with van der Waals surface area (Å²) in [5, 5.41) is 3.14. The molecule has 1 N–H and O–H groups in total. The minimum absolute atomic E-state index is 0.00930. The van der Waals surface area contributed by atoms with Crippen LogP contribution >= 0.6 is 11.8 Å². The molecule has 0 fully saturated rings. The highest BCUT2D eigenvalue weighted by molar-refractivity contribution is 7.98. The highest BCUT2D eigenvalue weighted by atomic mass is 32.2. The summed E-state index contributed by atoms with van der Waals surface area (Å²) in [5.41, 5.74) is 1.87. The predicted molar refractivity (Wildman–Crippen MR) is 89.8 cm³/mol. The van der Waals surface area contributed by atoms with Gasteiger partial charge in [0, 0.05) is 10.5 Å². The Kier molecular flexibility index (Phi) is 5.88. The molecule has 0 spiro atoms. The number of hydrogen-bond donors (Lipinski definition) is 1. The first-order chi connectivity index (χ1) is 10.2. The minimum Gasteiger partial charge on any atom is -0.345 e. The molecule has 0 heterocycles. The number of carbonyl (C=O) groups is 1. The molecule has 21 heavy (non-hydrogen) atoms. The van der Waals surface area contributed by atoms with E-state index in [1.165, 1.54) is 4.90 Å². The van der Waals surface area contributed by atoms with E-state index < -0.39 is 0 Å². The third-order valence-electron chi connectivity index (χ3n) is 3.44. The van der Waals surface area contributed by atoms with Gasteiger partial charge in [0.2, 0.25) is 0 Å². The van der Waals surface area contributed by atoms with Crippen molar-refractivity contribution in [2.45, 2.75) is 30.7 Å². The molecule has 2 nitrogen and oxygen atoms in total. The summed E-state index contributed by atoms with van der Waals surface area (Å²) in [6.07, 6.45) is 4.01. The molecule has 0 bridgehead atoms. The van der Waals surface area contributed by atoms with Crippen molar-refractivity contribution in [3.63, 3.8) is 0 Å². The molecule has 1 unspecified atom stereocenters. The first-order valence-corrected chi connectivity index (χ1v) is 8.47. The van der Waals surface area contributed by atoms with Crippen LogP contribution in [0.2, 0.25) is 0 Å². The van der Waals surface area contributed by atoms with Crippen LogP contribution in [0.15, 0.2) is 59.5 Å². The Morgan fingerprint density at radius 3 is 2.33 bits per heavy atom. The van der Waals surface area contributed by atoms with E-state index in [-0.39, 0.29) is 11.9 Å². The molecule has 0 saturated carbocycles. The molecule has 0 aliphatic carbocycles. The summed E-state index contributed by atoms with van der Waals surface area (Å²) in [4.78, 5) is 13.6. The molecule has 0 aromatic heterocycles. The Labute approximate surface area is 131 Å². The molecular weight excluding hydrogens is 278 g/mol. The fraction of sp³-hybridized carbons (Fsp3) is 0.278. The second-order valence-corrected chi connectivity index (χ2v) is 5.83. The summed E-state index contributed by atoms with van der Waals surface area (Å²) in [6, 6.07) is 18.0. The van der Waals surface area contributed by atoms with Crippen LogP contribution in [0.5, 0.6) is 0 Å². The molecule has 1 amide bonds. The maximum absolute atomic E-state index is 12.4. The summed E-state index contributed by atoms with van der Waals surface area (Å²) in [7, 11) is 0. The van der Waals surface area contributed by atoms with Crippen LogP contribution in [0, 0.1) is 0 Å². The van der Waals surface area contributed by atoms with Gasteiger partial charge in [-0.2, -0.15) is 0 Å². The zero-order chi connectivity index (χ0) is 15.1. The molecule has 0 aliphatic rings. The highest BCUT2D eigenvalue weighted by Crippen LogP contribution is 2.20. The fourth-order valence-electron chi connectivity index (χ4n) is 2.28. The SMILES string of the molecule is CCCC(NC(=O)c1ccc(SC)cc1)c1ccccc1. The molecule has 110 valence electrons. The lowest BCUT2D eigenvalue weighted by Gasteiger charge is -2.18. The second kappa shape index (κ2) is 7.89. The van der Waals surface area contributed by atoms with E-state index >= 15 is 0 Å². The van der Waals surface area contributed by atoms with Gasteiger partial charge in [-0.3, -0.25) is 4.79 Å². The van der Waals surface area contributed by atoms with E-state index in [0.29, 0.717) is 5.56 Å². The van der Waals surface area contributed by atoms with E-state index in [4.69, 9.17) is 0 Å². The third kappa shape index (κ3) is 4.36. The lowest BCUT2D eigenvalue weighted by atomic mass is 10.0. The van der Waals surface area contributed by atoms with Gasteiger partial charge in [-0.25, -0.2) is 0 Å². The van der Waals surface area contributed by atoms with Crippen molar-refractivity contribution < 1.29 is 4.79 Å². The largest absolute Gasteiger partial charge is 0.345 e. The Morgan fingerprint density at radius 1 is 1.10 bits per heavy atom. The van der Waals surface area contributed by atoms with Crippen LogP contribution in [0.4, 0.5) is 0 Å². The van der Waals surface area contributed by atoms with E-state index in [2.05, 4.69) is 24.4 Å². The van der Waals surface area contributed by atoms with Crippen LogP contribution < -0.4 is 5.32 Å². The van der Waals surface area contributed by atoms with Gasteiger partial charge in [-0.15, -0.1) is 11.8 Å². The van der Waals surface area contributed by atoms with Crippen LogP contribution in [0.25, 0.3) is 0 Å². The Morgan fingerprint density at radius 2 is 1.76 bits per heavy atom. The van der Waals surface area contributed by atoms with Crippen molar-refractivity contribution in [3.05, 3.63) is 65.7 Å². The van der Waals surface area contributed by atoms with Crippen molar-refractivity contribution in [1.29, 1.82) is 0 Å². The average Bonchev–Trinajstić information content (AvgIpc) is 2.55. The zero-order valence-electron chi connectivity index (χ0n) is 12.5. The number of nitrogens with one attached hydrogen (secondary N) is 1. The topological polar surface area (TPSA) is 29.1 Å². The van der Waals surface area contributed by atoms with Gasteiger partial charge in [-0.1, -0.05) is 43.7 Å². The first kappa shape index (κ1) is 15.6. The van der Waals surface area contributed by atoms with Gasteiger partial charge in [0.1, 0.15) is 0 Å². The summed E-state index contributed by atoms with van der Waals surface area (Å²) in [5.74, 6) is -0.00930. The minimum atomic E-state index is -0.00930. The number of thioether (sulfide) groups is 1. The number of carbonyl (C=O) groups excluding carboxylic acids is 1. The van der Waals surface area contributed by atoms with Gasteiger partial charge >= 0.3 is 0 Å². The molecule has 0 aliphatic heterocycles. The fourth-order valence-corrected chi connectivity index (χ4v) is 2.69. The highest BCUT2D eigenvalue weighted by Gasteiger charge is 2.14. The van der Waals surface area contributed by atoms with Crippen molar-refractivity contribution in [2.24, 2.45) is 0 Å². The molecule has 2 rings (SSSR count). The second-order valence-electron chi connectivity index (χ2n) is 4.95. The van der Waals surface area contributed by atoms with Crippen molar-refractivity contribution in [3.8, 4) is 0 Å². The summed E-state index contributed by atoms with van der Waals surface area (Å²) in [6.45, 7) is 2.13. The van der Waals surface area contributed by atoms with Gasteiger partial charge in [0.05, 0.1) is 6.04 Å². The van der Waals surface area contributed by atoms with Crippen LogP contribution in [-0.2, 0) is 0 Å². The lowest BCUT2D eigenvalue weighted by Crippen LogP contribution is -2.28. The van der Waals surface area contributed by atoms with Gasteiger partial charge in [0.15, 0.2) is 0 Å². The molecular formula is C18H21NOS. The normalized spacial score (nSPS) is 11.9. The molecule has 0 radical (unpaired) electrons. The smallest absolute Gasteiger partial charge is 0.251 e. The van der Waals surface area contributed by atoms with Crippen LogP contribution in [-0.4, -0.2) is 12.2 Å². The van der Waals surface area contributed by atoms with E-state index in [1.807, 2.05) is 48.7 Å². The summed E-state index contributed by atoms with van der Waals surface area (Å²) >= 11 is 1.68. The van der Waals surface area contributed by atoms with E-state index in [0.717, 1.165) is 18.4 Å². The van der Waals surface area contributed by atoms with E-state index in [9.17, 15) is 4.79 Å². The third-order valence-corrected chi connectivity index (χ3v) is 4.18. The molecule has 2 aromatic carbocycles. The van der Waals surface area contributed by atoms with Crippen molar-refractivity contribution in [1.82, 2.24) is 5.32 Å². The lowest BCUT2D eigenvalue weighted by molar-refractivity contribution is 0.0934. The Balaban J connectivity index is 2.10. The van der Waals surface area contributed by atoms with Crippen LogP contribution in [0.3, 0.4) is 0 Å². The van der Waals surface area contributed by atoms with Gasteiger partial charge in [0.25, 0.3) is 5.91 Å². The number of amides is 1. The number of hydrogen-bond acceptors (Lipinski definition) is 2. The Hall–Kier alpha value is -1.74. The maximum atomic E-state index is 12.4. The molecule has 2 aromatic rings.